The normalized spacial score (nSPS) is 12.8. The summed E-state index contributed by atoms with van der Waals surface area (Å²) >= 11 is 9.41. The Morgan fingerprint density at radius 3 is 2.78 bits per heavy atom. The van der Waals surface area contributed by atoms with Gasteiger partial charge in [-0.2, -0.15) is 5.10 Å². The van der Waals surface area contributed by atoms with Gasteiger partial charge in [0.25, 0.3) is 0 Å². The number of rotatable bonds is 4. The van der Waals surface area contributed by atoms with Gasteiger partial charge in [-0.25, -0.2) is 4.68 Å². The lowest BCUT2D eigenvalue weighted by Crippen LogP contribution is -2.14. The molecular formula is C17H16ClN3S2. The third-order valence-electron chi connectivity index (χ3n) is 3.23. The van der Waals surface area contributed by atoms with Crippen molar-refractivity contribution in [1.29, 1.82) is 0 Å². The predicted molar refractivity (Wildman–Crippen MR) is 101 cm³/mol. The fourth-order valence-electron chi connectivity index (χ4n) is 2.17. The minimum absolute atomic E-state index is 0.716. The number of thiazole rings is 1. The highest BCUT2D eigenvalue weighted by Gasteiger charge is 2.09. The molecule has 0 saturated carbocycles. The van der Waals surface area contributed by atoms with Gasteiger partial charge in [0.1, 0.15) is 0 Å². The van der Waals surface area contributed by atoms with Gasteiger partial charge in [-0.05, 0) is 37.4 Å². The van der Waals surface area contributed by atoms with Crippen LogP contribution >= 0.6 is 34.3 Å². The second-order valence-corrected chi connectivity index (χ2v) is 7.08. The SMILES string of the molecule is CCN=c1scc(-c2cccc(Cl)c2)n1N=C(C)c1cccs1. The van der Waals surface area contributed by atoms with Crippen molar-refractivity contribution >= 4 is 40.0 Å². The Hall–Kier alpha value is -1.69. The number of hydrogen-bond acceptors (Lipinski definition) is 4. The van der Waals surface area contributed by atoms with Crippen LogP contribution in [-0.4, -0.2) is 16.9 Å². The molecule has 0 aliphatic carbocycles. The average molecular weight is 362 g/mol. The molecule has 0 N–H and O–H groups in total. The molecule has 1 aromatic carbocycles. The standard InChI is InChI=1S/C17H16ClN3S2/c1-3-19-17-21(20-12(2)16-8-5-9-22-16)15(11-23-17)13-6-4-7-14(18)10-13/h4-11H,3H2,1-2H3. The second-order valence-electron chi connectivity index (χ2n) is 4.86. The summed E-state index contributed by atoms with van der Waals surface area (Å²) in [7, 11) is 0. The Morgan fingerprint density at radius 1 is 1.22 bits per heavy atom. The second kappa shape index (κ2) is 7.25. The van der Waals surface area contributed by atoms with Gasteiger partial charge in [-0.3, -0.25) is 4.99 Å². The van der Waals surface area contributed by atoms with Gasteiger partial charge < -0.3 is 0 Å². The van der Waals surface area contributed by atoms with Crippen LogP contribution in [0.1, 0.15) is 18.7 Å². The topological polar surface area (TPSA) is 29.6 Å². The van der Waals surface area contributed by atoms with Crippen LogP contribution in [0.4, 0.5) is 0 Å². The monoisotopic (exact) mass is 361 g/mol. The lowest BCUT2D eigenvalue weighted by Gasteiger charge is -2.05. The lowest BCUT2D eigenvalue weighted by molar-refractivity contribution is 0.828. The van der Waals surface area contributed by atoms with Crippen LogP contribution in [0.25, 0.3) is 11.3 Å². The highest BCUT2D eigenvalue weighted by Crippen LogP contribution is 2.23. The summed E-state index contributed by atoms with van der Waals surface area (Å²) in [5.74, 6) is 0. The number of halogens is 1. The van der Waals surface area contributed by atoms with Gasteiger partial charge in [0, 0.05) is 22.5 Å². The third-order valence-corrected chi connectivity index (χ3v) is 5.29. The number of benzene rings is 1. The van der Waals surface area contributed by atoms with Gasteiger partial charge in [-0.1, -0.05) is 29.8 Å². The Kier molecular flexibility index (Phi) is 5.10. The van der Waals surface area contributed by atoms with Crippen LogP contribution in [0, 0.1) is 0 Å². The summed E-state index contributed by atoms with van der Waals surface area (Å²) in [5.41, 5.74) is 3.01. The van der Waals surface area contributed by atoms with Gasteiger partial charge in [0.15, 0.2) is 0 Å². The van der Waals surface area contributed by atoms with E-state index >= 15 is 0 Å². The van der Waals surface area contributed by atoms with E-state index < -0.39 is 0 Å². The molecule has 0 aliphatic heterocycles. The Morgan fingerprint density at radius 2 is 2.09 bits per heavy atom. The lowest BCUT2D eigenvalue weighted by atomic mass is 10.2. The van der Waals surface area contributed by atoms with Crippen molar-refractivity contribution < 1.29 is 0 Å². The van der Waals surface area contributed by atoms with Crippen molar-refractivity contribution in [2.45, 2.75) is 13.8 Å². The number of hydrogen-bond donors (Lipinski definition) is 0. The number of nitrogens with zero attached hydrogens (tertiary/aromatic N) is 3. The molecule has 0 fully saturated rings. The molecule has 3 aromatic rings. The van der Waals surface area contributed by atoms with E-state index in [-0.39, 0.29) is 0 Å². The summed E-state index contributed by atoms with van der Waals surface area (Å²) in [4.78, 5) is 6.60. The number of aromatic nitrogens is 1. The minimum Gasteiger partial charge on any atom is -0.258 e. The maximum Gasteiger partial charge on any atom is 0.206 e. The summed E-state index contributed by atoms with van der Waals surface area (Å²) in [6, 6.07) is 11.9. The van der Waals surface area contributed by atoms with Crippen LogP contribution in [0.15, 0.2) is 57.3 Å². The van der Waals surface area contributed by atoms with Crippen LogP contribution in [0.3, 0.4) is 0 Å². The van der Waals surface area contributed by atoms with Crippen molar-refractivity contribution in [2.24, 2.45) is 10.1 Å². The van der Waals surface area contributed by atoms with E-state index in [1.165, 1.54) is 0 Å². The van der Waals surface area contributed by atoms with Gasteiger partial charge >= 0.3 is 0 Å². The molecule has 3 rings (SSSR count). The van der Waals surface area contributed by atoms with E-state index in [0.717, 1.165) is 33.2 Å². The van der Waals surface area contributed by atoms with Crippen molar-refractivity contribution in [3.63, 3.8) is 0 Å². The smallest absolute Gasteiger partial charge is 0.206 e. The molecule has 0 radical (unpaired) electrons. The first kappa shape index (κ1) is 16.2. The molecule has 0 aliphatic rings. The van der Waals surface area contributed by atoms with E-state index in [2.05, 4.69) is 21.8 Å². The van der Waals surface area contributed by atoms with Gasteiger partial charge in [-0.15, -0.1) is 22.7 Å². The van der Waals surface area contributed by atoms with Crippen molar-refractivity contribution in [1.82, 2.24) is 4.68 Å². The first-order valence-electron chi connectivity index (χ1n) is 7.25. The van der Waals surface area contributed by atoms with Crippen molar-refractivity contribution in [3.8, 4) is 11.3 Å². The molecule has 0 spiro atoms. The molecule has 118 valence electrons. The Balaban J connectivity index is 2.16. The molecule has 2 heterocycles. The van der Waals surface area contributed by atoms with E-state index in [9.17, 15) is 0 Å². The molecule has 2 aromatic heterocycles. The minimum atomic E-state index is 0.716. The Labute approximate surface area is 148 Å². The number of thiophene rings is 1. The summed E-state index contributed by atoms with van der Waals surface area (Å²) in [6.07, 6.45) is 0. The highest BCUT2D eigenvalue weighted by atomic mass is 35.5. The largest absolute Gasteiger partial charge is 0.258 e. The average Bonchev–Trinajstić information content (AvgIpc) is 3.18. The van der Waals surface area contributed by atoms with Crippen LogP contribution in [0.2, 0.25) is 5.02 Å². The predicted octanol–water partition coefficient (Wildman–Crippen LogP) is 5.12. The molecule has 0 atom stereocenters. The fourth-order valence-corrected chi connectivity index (χ4v) is 3.93. The van der Waals surface area contributed by atoms with Gasteiger partial charge in [0.2, 0.25) is 4.80 Å². The quantitative estimate of drug-likeness (QED) is 0.577. The summed E-state index contributed by atoms with van der Waals surface area (Å²) < 4.78 is 1.91. The molecular weight excluding hydrogens is 346 g/mol. The first-order chi connectivity index (χ1) is 11.2. The summed E-state index contributed by atoms with van der Waals surface area (Å²) in [6.45, 7) is 4.77. The molecule has 0 unspecified atom stereocenters. The van der Waals surface area contributed by atoms with E-state index in [0.29, 0.717) is 5.02 Å². The molecule has 23 heavy (non-hydrogen) atoms. The fraction of sp³-hybridized carbons (Fsp3) is 0.176. The van der Waals surface area contributed by atoms with Crippen LogP contribution in [0.5, 0.6) is 0 Å². The Bertz CT molecular complexity index is 889. The molecule has 0 amide bonds. The van der Waals surface area contributed by atoms with E-state index in [1.807, 2.05) is 48.9 Å². The molecule has 6 heteroatoms. The maximum atomic E-state index is 6.14. The molecule has 3 nitrogen and oxygen atoms in total. The van der Waals surface area contributed by atoms with Crippen molar-refractivity contribution in [2.75, 3.05) is 6.54 Å². The van der Waals surface area contributed by atoms with Crippen molar-refractivity contribution in [3.05, 3.63) is 61.9 Å². The van der Waals surface area contributed by atoms with E-state index in [1.54, 1.807) is 22.7 Å². The highest BCUT2D eigenvalue weighted by molar-refractivity contribution is 7.12. The summed E-state index contributed by atoms with van der Waals surface area (Å²) in [5, 5.41) is 9.65. The zero-order valence-corrected chi connectivity index (χ0v) is 15.3. The zero-order chi connectivity index (χ0) is 16.2. The molecule has 0 bridgehead atoms. The van der Waals surface area contributed by atoms with Gasteiger partial charge in [0.05, 0.1) is 16.3 Å². The molecule has 0 saturated heterocycles. The van der Waals surface area contributed by atoms with Crippen LogP contribution < -0.4 is 4.80 Å². The first-order valence-corrected chi connectivity index (χ1v) is 9.39. The zero-order valence-electron chi connectivity index (χ0n) is 12.9. The maximum absolute atomic E-state index is 6.14. The van der Waals surface area contributed by atoms with Crippen LogP contribution in [-0.2, 0) is 0 Å². The van der Waals surface area contributed by atoms with E-state index in [4.69, 9.17) is 16.7 Å². The third kappa shape index (κ3) is 3.63.